The van der Waals surface area contributed by atoms with Gasteiger partial charge >= 0.3 is 0 Å². The minimum absolute atomic E-state index is 0.0634. The number of hydrogen-bond acceptors (Lipinski definition) is 5. The van der Waals surface area contributed by atoms with Gasteiger partial charge in [0.05, 0.1) is 19.4 Å². The third-order valence-corrected chi connectivity index (χ3v) is 4.84. The lowest BCUT2D eigenvalue weighted by Crippen LogP contribution is -2.22. The highest BCUT2D eigenvalue weighted by Crippen LogP contribution is 2.22. The normalized spacial score (nSPS) is 19.4. The van der Waals surface area contributed by atoms with E-state index in [2.05, 4.69) is 24.7 Å². The SMILES string of the molecule is C[Si](C)(C)CCOCn1cc(N)c(O[C@@H]2CCOC2)n1. The van der Waals surface area contributed by atoms with E-state index < -0.39 is 8.07 Å². The fourth-order valence-electron chi connectivity index (χ4n) is 1.88. The fourth-order valence-corrected chi connectivity index (χ4v) is 2.63. The summed E-state index contributed by atoms with van der Waals surface area (Å²) < 4.78 is 18.3. The Kier molecular flexibility index (Phi) is 5.06. The molecule has 0 radical (unpaired) electrons. The zero-order valence-corrected chi connectivity index (χ0v) is 13.6. The Morgan fingerprint density at radius 2 is 2.30 bits per heavy atom. The summed E-state index contributed by atoms with van der Waals surface area (Å²) in [7, 11) is -1.04. The van der Waals surface area contributed by atoms with Crippen LogP contribution in [0.1, 0.15) is 6.42 Å². The Bertz CT molecular complexity index is 425. The Balaban J connectivity index is 1.78. The van der Waals surface area contributed by atoms with Crippen molar-refractivity contribution in [1.29, 1.82) is 0 Å². The van der Waals surface area contributed by atoms with E-state index in [1.165, 1.54) is 0 Å². The van der Waals surface area contributed by atoms with Crippen molar-refractivity contribution in [2.24, 2.45) is 0 Å². The predicted molar refractivity (Wildman–Crippen MR) is 80.6 cm³/mol. The van der Waals surface area contributed by atoms with Gasteiger partial charge in [-0.25, -0.2) is 4.68 Å². The number of nitrogen functional groups attached to an aromatic ring is 1. The number of ether oxygens (including phenoxy) is 3. The van der Waals surface area contributed by atoms with E-state index in [1.807, 2.05) is 0 Å². The quantitative estimate of drug-likeness (QED) is 0.615. The van der Waals surface area contributed by atoms with Crippen molar-refractivity contribution >= 4 is 13.8 Å². The van der Waals surface area contributed by atoms with Crippen LogP contribution in [0, 0.1) is 0 Å². The summed E-state index contributed by atoms with van der Waals surface area (Å²) in [5.74, 6) is 0.481. The van der Waals surface area contributed by atoms with Crippen LogP contribution in [0.25, 0.3) is 0 Å². The standard InChI is InChI=1S/C13H25N3O3Si/c1-20(2,3)7-6-18-10-16-8-12(14)13(15-16)19-11-4-5-17-9-11/h8,11H,4-7,9-10,14H2,1-3H3/t11-/m1/s1. The molecule has 1 aliphatic rings. The van der Waals surface area contributed by atoms with Crippen molar-refractivity contribution in [2.75, 3.05) is 25.6 Å². The van der Waals surface area contributed by atoms with Crippen LogP contribution in [0.15, 0.2) is 6.20 Å². The van der Waals surface area contributed by atoms with Crippen LogP contribution in [-0.2, 0) is 16.2 Å². The maximum absolute atomic E-state index is 5.90. The Hall–Kier alpha value is -1.05. The molecule has 1 aliphatic heterocycles. The van der Waals surface area contributed by atoms with Crippen LogP contribution in [0.5, 0.6) is 5.88 Å². The summed E-state index contributed by atoms with van der Waals surface area (Å²) in [5, 5.41) is 4.31. The number of aromatic nitrogens is 2. The van der Waals surface area contributed by atoms with Gasteiger partial charge in [0.25, 0.3) is 5.88 Å². The molecule has 20 heavy (non-hydrogen) atoms. The molecule has 1 atom stereocenters. The van der Waals surface area contributed by atoms with Crippen molar-refractivity contribution in [3.8, 4) is 5.88 Å². The van der Waals surface area contributed by atoms with Crippen LogP contribution in [-0.4, -0.2) is 43.8 Å². The summed E-state index contributed by atoms with van der Waals surface area (Å²) in [6, 6.07) is 1.15. The smallest absolute Gasteiger partial charge is 0.256 e. The number of rotatable bonds is 7. The summed E-state index contributed by atoms with van der Waals surface area (Å²) in [5.41, 5.74) is 6.44. The molecule has 114 valence electrons. The second-order valence-corrected chi connectivity index (χ2v) is 12.0. The van der Waals surface area contributed by atoms with Crippen LogP contribution < -0.4 is 10.5 Å². The Morgan fingerprint density at radius 3 is 2.95 bits per heavy atom. The van der Waals surface area contributed by atoms with Crippen LogP contribution in [0.4, 0.5) is 5.69 Å². The molecule has 0 spiro atoms. The van der Waals surface area contributed by atoms with E-state index >= 15 is 0 Å². The predicted octanol–water partition coefficient (Wildman–Crippen LogP) is 1.95. The summed E-state index contributed by atoms with van der Waals surface area (Å²) in [6.07, 6.45) is 2.70. The van der Waals surface area contributed by atoms with Gasteiger partial charge in [0.15, 0.2) is 0 Å². The average Bonchev–Trinajstić information content (AvgIpc) is 2.95. The molecule has 1 fully saturated rings. The van der Waals surface area contributed by atoms with E-state index in [0.29, 0.717) is 24.9 Å². The van der Waals surface area contributed by atoms with Gasteiger partial charge < -0.3 is 19.9 Å². The van der Waals surface area contributed by atoms with Crippen molar-refractivity contribution in [3.05, 3.63) is 6.20 Å². The minimum Gasteiger partial charge on any atom is -0.469 e. The molecule has 0 unspecified atom stereocenters. The minimum atomic E-state index is -1.04. The molecule has 1 aromatic heterocycles. The topological polar surface area (TPSA) is 71.5 Å². The van der Waals surface area contributed by atoms with Gasteiger partial charge in [-0.1, -0.05) is 19.6 Å². The zero-order valence-electron chi connectivity index (χ0n) is 12.6. The van der Waals surface area contributed by atoms with Gasteiger partial charge in [-0.2, -0.15) is 0 Å². The molecule has 7 heteroatoms. The van der Waals surface area contributed by atoms with Crippen molar-refractivity contribution in [1.82, 2.24) is 9.78 Å². The molecule has 1 saturated heterocycles. The van der Waals surface area contributed by atoms with Crippen molar-refractivity contribution in [3.63, 3.8) is 0 Å². The zero-order chi connectivity index (χ0) is 14.6. The van der Waals surface area contributed by atoms with E-state index in [-0.39, 0.29) is 6.10 Å². The van der Waals surface area contributed by atoms with Crippen molar-refractivity contribution in [2.45, 2.75) is 44.9 Å². The molecule has 0 aromatic carbocycles. The average molecular weight is 299 g/mol. The number of nitrogens with zero attached hydrogens (tertiary/aromatic N) is 2. The molecule has 2 heterocycles. The summed E-state index contributed by atoms with van der Waals surface area (Å²) >= 11 is 0. The second-order valence-electron chi connectivity index (χ2n) is 6.38. The number of hydrogen-bond donors (Lipinski definition) is 1. The lowest BCUT2D eigenvalue weighted by Gasteiger charge is -2.15. The number of anilines is 1. The van der Waals surface area contributed by atoms with Crippen LogP contribution in [0.3, 0.4) is 0 Å². The first-order chi connectivity index (χ1) is 9.44. The molecule has 0 amide bonds. The highest BCUT2D eigenvalue weighted by Gasteiger charge is 2.20. The second kappa shape index (κ2) is 6.60. The van der Waals surface area contributed by atoms with E-state index in [4.69, 9.17) is 19.9 Å². The molecule has 6 nitrogen and oxygen atoms in total. The maximum Gasteiger partial charge on any atom is 0.256 e. The van der Waals surface area contributed by atoms with Crippen molar-refractivity contribution < 1.29 is 14.2 Å². The Morgan fingerprint density at radius 1 is 1.50 bits per heavy atom. The van der Waals surface area contributed by atoms with Gasteiger partial charge in [-0.3, -0.25) is 0 Å². The van der Waals surface area contributed by atoms with E-state index in [9.17, 15) is 0 Å². The highest BCUT2D eigenvalue weighted by atomic mass is 28.3. The fraction of sp³-hybridized carbons (Fsp3) is 0.769. The van der Waals surface area contributed by atoms with E-state index in [1.54, 1.807) is 10.9 Å². The lowest BCUT2D eigenvalue weighted by molar-refractivity contribution is 0.0761. The molecular weight excluding hydrogens is 274 g/mol. The highest BCUT2D eigenvalue weighted by molar-refractivity contribution is 6.76. The van der Waals surface area contributed by atoms with Gasteiger partial charge in [0, 0.05) is 21.1 Å². The first kappa shape index (κ1) is 15.3. The largest absolute Gasteiger partial charge is 0.469 e. The third-order valence-electron chi connectivity index (χ3n) is 3.14. The van der Waals surface area contributed by atoms with Gasteiger partial charge in [-0.05, 0) is 6.04 Å². The molecule has 0 bridgehead atoms. The summed E-state index contributed by atoms with van der Waals surface area (Å²) in [4.78, 5) is 0. The molecule has 1 aromatic rings. The van der Waals surface area contributed by atoms with Crippen LogP contribution >= 0.6 is 0 Å². The summed E-state index contributed by atoms with van der Waals surface area (Å²) in [6.45, 7) is 9.53. The van der Waals surface area contributed by atoms with Crippen LogP contribution in [0.2, 0.25) is 25.7 Å². The van der Waals surface area contributed by atoms with Gasteiger partial charge in [-0.15, -0.1) is 5.10 Å². The molecule has 0 saturated carbocycles. The van der Waals surface area contributed by atoms with E-state index in [0.717, 1.165) is 25.7 Å². The van der Waals surface area contributed by atoms with Gasteiger partial charge in [0.1, 0.15) is 18.5 Å². The maximum atomic E-state index is 5.90. The first-order valence-corrected chi connectivity index (χ1v) is 10.8. The van der Waals surface area contributed by atoms with Gasteiger partial charge in [0.2, 0.25) is 0 Å². The lowest BCUT2D eigenvalue weighted by atomic mass is 10.3. The first-order valence-electron chi connectivity index (χ1n) is 7.09. The molecule has 0 aliphatic carbocycles. The number of nitrogens with two attached hydrogens (primary N) is 1. The molecule has 2 rings (SSSR count). The molecular formula is C13H25N3O3Si. The molecule has 2 N–H and O–H groups in total. The monoisotopic (exact) mass is 299 g/mol. The Labute approximate surface area is 121 Å². The third kappa shape index (κ3) is 4.81.